The fourth-order valence-electron chi connectivity index (χ4n) is 5.25. The summed E-state index contributed by atoms with van der Waals surface area (Å²) in [6, 6.07) is 4.41. The van der Waals surface area contributed by atoms with E-state index in [2.05, 4.69) is 60.6 Å². The highest BCUT2D eigenvalue weighted by Gasteiger charge is 2.27. The molecule has 1 atom stereocenters. The van der Waals surface area contributed by atoms with Gasteiger partial charge in [0.05, 0.1) is 6.61 Å². The maximum Gasteiger partial charge on any atom is 0.305 e. The van der Waals surface area contributed by atoms with Crippen LogP contribution in [0.1, 0.15) is 181 Å². The number of aromatic hydroxyl groups is 1. The molecule has 0 heterocycles. The Morgan fingerprint density at radius 1 is 0.737 bits per heavy atom. The summed E-state index contributed by atoms with van der Waals surface area (Å²) in [5.41, 5.74) is 3.16. The van der Waals surface area contributed by atoms with Crippen molar-refractivity contribution in [3.05, 3.63) is 28.8 Å². The fourth-order valence-corrected chi connectivity index (χ4v) is 5.25. The zero-order valence-electron chi connectivity index (χ0n) is 26.5. The molecule has 0 amide bonds. The number of rotatable bonds is 19. The van der Waals surface area contributed by atoms with Crippen molar-refractivity contribution in [3.63, 3.8) is 0 Å². The van der Waals surface area contributed by atoms with Gasteiger partial charge in [0.15, 0.2) is 0 Å². The summed E-state index contributed by atoms with van der Waals surface area (Å²) >= 11 is 0. The quantitative estimate of drug-likeness (QED) is 0.143. The molecule has 1 rings (SSSR count). The summed E-state index contributed by atoms with van der Waals surface area (Å²) in [5.74, 6) is 0.482. The Morgan fingerprint density at radius 3 is 1.68 bits per heavy atom. The molecular weight excluding hydrogens is 468 g/mol. The smallest absolute Gasteiger partial charge is 0.305 e. The number of carbonyl (C=O) groups is 1. The van der Waals surface area contributed by atoms with E-state index in [4.69, 9.17) is 4.74 Å². The van der Waals surface area contributed by atoms with Crippen molar-refractivity contribution in [1.82, 2.24) is 0 Å². The van der Waals surface area contributed by atoms with Crippen LogP contribution in [0.2, 0.25) is 0 Å². The molecule has 220 valence electrons. The monoisotopic (exact) mass is 530 g/mol. The molecule has 0 spiro atoms. The van der Waals surface area contributed by atoms with Crippen LogP contribution >= 0.6 is 0 Å². The van der Waals surface area contributed by atoms with E-state index in [1.54, 1.807) is 0 Å². The highest BCUT2D eigenvalue weighted by molar-refractivity contribution is 5.68. The molecule has 0 aromatic heterocycles. The normalized spacial score (nSPS) is 13.1. The lowest BCUT2D eigenvalue weighted by Crippen LogP contribution is -2.19. The molecule has 3 nitrogen and oxygen atoms in total. The van der Waals surface area contributed by atoms with Crippen LogP contribution < -0.4 is 0 Å². The lowest BCUT2D eigenvalue weighted by atomic mass is 9.76. The number of hydrogen-bond donors (Lipinski definition) is 1. The van der Waals surface area contributed by atoms with Crippen LogP contribution in [0.5, 0.6) is 5.75 Å². The van der Waals surface area contributed by atoms with Gasteiger partial charge in [-0.05, 0) is 46.3 Å². The second-order valence-corrected chi connectivity index (χ2v) is 13.6. The third-order valence-corrected chi connectivity index (χ3v) is 7.93. The van der Waals surface area contributed by atoms with E-state index < -0.39 is 0 Å². The Morgan fingerprint density at radius 2 is 1.24 bits per heavy atom. The van der Waals surface area contributed by atoms with Gasteiger partial charge < -0.3 is 9.84 Å². The number of phenols is 1. The van der Waals surface area contributed by atoms with Crippen molar-refractivity contribution in [1.29, 1.82) is 0 Å². The molecule has 3 heteroatoms. The second kappa shape index (κ2) is 18.0. The molecule has 1 unspecified atom stereocenters. The first-order chi connectivity index (χ1) is 17.9. The number of unbranched alkanes of at least 4 members (excludes halogenated alkanes) is 12. The van der Waals surface area contributed by atoms with Crippen LogP contribution in [0, 0.1) is 0 Å². The maximum atomic E-state index is 11.8. The molecule has 1 aromatic rings. The number of esters is 1. The summed E-state index contributed by atoms with van der Waals surface area (Å²) in [6.45, 7) is 17.7. The van der Waals surface area contributed by atoms with Crippen molar-refractivity contribution >= 4 is 5.97 Å². The molecule has 1 N–H and O–H groups in total. The van der Waals surface area contributed by atoms with E-state index in [9.17, 15) is 9.90 Å². The maximum absolute atomic E-state index is 11.8. The van der Waals surface area contributed by atoms with Crippen molar-refractivity contribution in [2.45, 2.75) is 175 Å². The highest BCUT2D eigenvalue weighted by Crippen LogP contribution is 2.42. The van der Waals surface area contributed by atoms with Gasteiger partial charge >= 0.3 is 5.97 Å². The Balaban J connectivity index is 2.73. The van der Waals surface area contributed by atoms with Gasteiger partial charge in [-0.2, -0.15) is 0 Å². The van der Waals surface area contributed by atoms with Crippen LogP contribution in [0.15, 0.2) is 12.1 Å². The Labute approximate surface area is 236 Å². The summed E-state index contributed by atoms with van der Waals surface area (Å²) in [5, 5.41) is 11.4. The van der Waals surface area contributed by atoms with Gasteiger partial charge in [-0.25, -0.2) is 0 Å². The van der Waals surface area contributed by atoms with Gasteiger partial charge in [-0.15, -0.1) is 0 Å². The van der Waals surface area contributed by atoms with Gasteiger partial charge in [0.25, 0.3) is 0 Å². The van der Waals surface area contributed by atoms with Crippen LogP contribution in [0.4, 0.5) is 0 Å². The van der Waals surface area contributed by atoms with E-state index in [1.807, 2.05) is 6.92 Å². The molecule has 0 saturated carbocycles. The molecule has 0 radical (unpaired) electrons. The van der Waals surface area contributed by atoms with Gasteiger partial charge in [0.2, 0.25) is 0 Å². The topological polar surface area (TPSA) is 46.5 Å². The number of carbonyl (C=O) groups excluding carboxylic acids is 1. The minimum absolute atomic E-state index is 0.00279. The summed E-state index contributed by atoms with van der Waals surface area (Å²) in [7, 11) is 0. The number of benzene rings is 1. The van der Waals surface area contributed by atoms with Crippen LogP contribution in [-0.2, 0) is 20.4 Å². The van der Waals surface area contributed by atoms with E-state index >= 15 is 0 Å². The first-order valence-corrected chi connectivity index (χ1v) is 15.9. The summed E-state index contributed by atoms with van der Waals surface area (Å²) in [4.78, 5) is 11.8. The fraction of sp³-hybridized carbons (Fsp3) is 0.800. The van der Waals surface area contributed by atoms with Gasteiger partial charge in [-0.1, -0.05) is 151 Å². The highest BCUT2D eigenvalue weighted by atomic mass is 16.5. The van der Waals surface area contributed by atoms with E-state index in [-0.39, 0.29) is 22.7 Å². The van der Waals surface area contributed by atoms with Crippen molar-refractivity contribution in [2.75, 3.05) is 6.61 Å². The lowest BCUT2D eigenvalue weighted by molar-refractivity contribution is -0.143. The lowest BCUT2D eigenvalue weighted by Gasteiger charge is -2.30. The second-order valence-electron chi connectivity index (χ2n) is 13.6. The average molecular weight is 531 g/mol. The third kappa shape index (κ3) is 13.5. The number of ether oxygens (including phenoxy) is 1. The SMILES string of the molecule is CCCCCCCCCCCCCCCC(CCOC(=O)CC)c1cc(C(C)(C)C)cc(C(C)(C)C)c1O. The van der Waals surface area contributed by atoms with Gasteiger partial charge in [0, 0.05) is 6.42 Å². The van der Waals surface area contributed by atoms with Crippen molar-refractivity contribution in [2.24, 2.45) is 0 Å². The predicted octanol–water partition coefficient (Wildman–Crippen LogP) is 10.9. The van der Waals surface area contributed by atoms with E-state index in [0.717, 1.165) is 30.4 Å². The Kier molecular flexibility index (Phi) is 16.3. The molecule has 0 saturated heterocycles. The largest absolute Gasteiger partial charge is 0.507 e. The van der Waals surface area contributed by atoms with Crippen LogP contribution in [-0.4, -0.2) is 17.7 Å². The number of phenolic OH excluding ortho intramolecular Hbond substituents is 1. The molecule has 0 fully saturated rings. The zero-order chi connectivity index (χ0) is 28.6. The summed E-state index contributed by atoms with van der Waals surface area (Å²) in [6.07, 6.45) is 19.7. The van der Waals surface area contributed by atoms with Crippen molar-refractivity contribution < 1.29 is 14.6 Å². The molecule has 0 aliphatic rings. The standard InChI is InChI=1S/C35H62O3/c1-9-11-12-13-14-15-16-17-18-19-20-21-22-23-28(24-25-38-32(36)10-2)30-26-29(34(3,4)5)27-31(33(30)37)35(6,7)8/h26-28,37H,9-25H2,1-8H3. The Hall–Kier alpha value is -1.51. The summed E-state index contributed by atoms with van der Waals surface area (Å²) < 4.78 is 5.48. The van der Waals surface area contributed by atoms with Crippen LogP contribution in [0.3, 0.4) is 0 Å². The first-order valence-electron chi connectivity index (χ1n) is 15.9. The molecule has 0 bridgehead atoms. The number of hydrogen-bond acceptors (Lipinski definition) is 3. The molecule has 0 aliphatic carbocycles. The average Bonchev–Trinajstić information content (AvgIpc) is 2.84. The van der Waals surface area contributed by atoms with Crippen molar-refractivity contribution in [3.8, 4) is 5.75 Å². The molecule has 38 heavy (non-hydrogen) atoms. The van der Waals surface area contributed by atoms with E-state index in [0.29, 0.717) is 18.8 Å². The molecule has 0 aliphatic heterocycles. The zero-order valence-corrected chi connectivity index (χ0v) is 26.5. The predicted molar refractivity (Wildman–Crippen MR) is 164 cm³/mol. The van der Waals surface area contributed by atoms with E-state index in [1.165, 1.54) is 82.6 Å². The van der Waals surface area contributed by atoms with Gasteiger partial charge in [-0.3, -0.25) is 4.79 Å². The Bertz CT molecular complexity index is 782. The molecular formula is C35H62O3. The third-order valence-electron chi connectivity index (χ3n) is 7.93. The minimum atomic E-state index is -0.146. The van der Waals surface area contributed by atoms with Gasteiger partial charge in [0.1, 0.15) is 5.75 Å². The first kappa shape index (κ1) is 34.5. The van der Waals surface area contributed by atoms with Crippen LogP contribution in [0.25, 0.3) is 0 Å². The molecule has 1 aromatic carbocycles. The minimum Gasteiger partial charge on any atom is -0.507 e.